The van der Waals surface area contributed by atoms with Gasteiger partial charge in [-0.1, -0.05) is 6.92 Å². The zero-order valence-electron chi connectivity index (χ0n) is 10.8. The molecule has 0 aliphatic carbocycles. The number of nitrogens with zero attached hydrogens (tertiary/aromatic N) is 1. The van der Waals surface area contributed by atoms with Crippen molar-refractivity contribution in [3.05, 3.63) is 0 Å². The third-order valence-electron chi connectivity index (χ3n) is 4.55. The monoisotopic (exact) mass is 275 g/mol. The van der Waals surface area contributed by atoms with Gasteiger partial charge >= 0.3 is 5.97 Å². The molecule has 0 saturated carbocycles. The predicted molar refractivity (Wildman–Crippen MR) is 68.2 cm³/mol. The van der Waals surface area contributed by atoms with Gasteiger partial charge in [0.05, 0.1) is 16.9 Å². The Morgan fingerprint density at radius 1 is 1.39 bits per heavy atom. The smallest absolute Gasteiger partial charge is 0.310 e. The third kappa shape index (κ3) is 2.54. The van der Waals surface area contributed by atoms with Gasteiger partial charge in [-0.2, -0.15) is 0 Å². The maximum atomic E-state index is 11.4. The van der Waals surface area contributed by atoms with Gasteiger partial charge in [0, 0.05) is 12.6 Å². The number of sulfone groups is 1. The van der Waals surface area contributed by atoms with Crippen molar-refractivity contribution in [3.8, 4) is 0 Å². The summed E-state index contributed by atoms with van der Waals surface area (Å²) in [6.45, 7) is 3.28. The third-order valence-corrected chi connectivity index (χ3v) is 6.27. The molecule has 0 aromatic carbocycles. The molecule has 2 fully saturated rings. The molecule has 0 radical (unpaired) electrons. The molecule has 1 N–H and O–H groups in total. The highest BCUT2D eigenvalue weighted by Gasteiger charge is 2.45. The lowest BCUT2D eigenvalue weighted by atomic mass is 9.84. The van der Waals surface area contributed by atoms with Crippen molar-refractivity contribution in [3.63, 3.8) is 0 Å². The van der Waals surface area contributed by atoms with Gasteiger partial charge in [0.25, 0.3) is 0 Å². The van der Waals surface area contributed by atoms with Crippen LogP contribution in [0, 0.1) is 5.41 Å². The number of rotatable bonds is 3. The highest BCUT2D eigenvalue weighted by molar-refractivity contribution is 7.91. The molecule has 0 spiro atoms. The summed E-state index contributed by atoms with van der Waals surface area (Å²) in [4.78, 5) is 13.6. The van der Waals surface area contributed by atoms with Crippen LogP contribution in [0.15, 0.2) is 0 Å². The standard InChI is InChI=1S/C12H21NO4S/c1-2-12(11(14)15)5-6-13(9-12)10-3-7-18(16,17)8-4-10/h10H,2-9H2,1H3,(H,14,15). The number of likely N-dealkylation sites (tertiary alicyclic amines) is 1. The second-order valence-electron chi connectivity index (χ2n) is 5.54. The maximum absolute atomic E-state index is 11.4. The lowest BCUT2D eigenvalue weighted by Gasteiger charge is -2.32. The minimum Gasteiger partial charge on any atom is -0.481 e. The zero-order chi connectivity index (χ0) is 13.4. The number of hydrogen-bond donors (Lipinski definition) is 1. The van der Waals surface area contributed by atoms with E-state index in [0.29, 0.717) is 32.2 Å². The number of carboxylic acids is 1. The van der Waals surface area contributed by atoms with E-state index in [0.717, 1.165) is 6.54 Å². The first-order valence-corrected chi connectivity index (χ1v) is 8.38. The molecule has 104 valence electrons. The lowest BCUT2D eigenvalue weighted by Crippen LogP contribution is -2.42. The van der Waals surface area contributed by atoms with E-state index in [9.17, 15) is 18.3 Å². The molecule has 0 amide bonds. The summed E-state index contributed by atoms with van der Waals surface area (Å²) in [5, 5.41) is 9.34. The van der Waals surface area contributed by atoms with Crippen LogP contribution in [0.3, 0.4) is 0 Å². The zero-order valence-corrected chi connectivity index (χ0v) is 11.6. The van der Waals surface area contributed by atoms with Crippen LogP contribution in [-0.4, -0.2) is 55.0 Å². The van der Waals surface area contributed by atoms with Crippen molar-refractivity contribution in [1.29, 1.82) is 0 Å². The van der Waals surface area contributed by atoms with Crippen LogP contribution in [0.2, 0.25) is 0 Å². The summed E-state index contributed by atoms with van der Waals surface area (Å²) in [5.74, 6) is -0.211. The molecule has 1 atom stereocenters. The molecular formula is C12H21NO4S. The molecule has 2 rings (SSSR count). The van der Waals surface area contributed by atoms with Gasteiger partial charge < -0.3 is 5.11 Å². The summed E-state index contributed by atoms with van der Waals surface area (Å²) in [5.41, 5.74) is -0.615. The first-order valence-electron chi connectivity index (χ1n) is 6.56. The Morgan fingerprint density at radius 2 is 2.00 bits per heavy atom. The van der Waals surface area contributed by atoms with Gasteiger partial charge in [0.15, 0.2) is 0 Å². The summed E-state index contributed by atoms with van der Waals surface area (Å²) in [7, 11) is -2.84. The first-order chi connectivity index (χ1) is 8.38. The number of aliphatic carboxylic acids is 1. The summed E-state index contributed by atoms with van der Waals surface area (Å²) >= 11 is 0. The summed E-state index contributed by atoms with van der Waals surface area (Å²) in [6, 6.07) is 0.251. The average molecular weight is 275 g/mol. The largest absolute Gasteiger partial charge is 0.481 e. The Balaban J connectivity index is 1.99. The van der Waals surface area contributed by atoms with E-state index in [1.807, 2.05) is 6.92 Å². The van der Waals surface area contributed by atoms with Gasteiger partial charge in [-0.15, -0.1) is 0 Å². The second-order valence-corrected chi connectivity index (χ2v) is 7.85. The molecule has 1 unspecified atom stereocenters. The van der Waals surface area contributed by atoms with Gasteiger partial charge in [-0.3, -0.25) is 9.69 Å². The van der Waals surface area contributed by atoms with E-state index >= 15 is 0 Å². The summed E-state index contributed by atoms with van der Waals surface area (Å²) < 4.78 is 22.8. The van der Waals surface area contributed by atoms with Crippen molar-refractivity contribution in [2.24, 2.45) is 5.41 Å². The van der Waals surface area contributed by atoms with Crippen molar-refractivity contribution in [2.45, 2.75) is 38.6 Å². The molecule has 0 aromatic heterocycles. The van der Waals surface area contributed by atoms with Gasteiger partial charge in [-0.25, -0.2) is 8.42 Å². The average Bonchev–Trinajstić information content (AvgIpc) is 2.74. The Hall–Kier alpha value is -0.620. The van der Waals surface area contributed by atoms with Crippen molar-refractivity contribution < 1.29 is 18.3 Å². The highest BCUT2D eigenvalue weighted by Crippen LogP contribution is 2.36. The van der Waals surface area contributed by atoms with E-state index in [2.05, 4.69) is 4.90 Å². The molecule has 6 heteroatoms. The van der Waals surface area contributed by atoms with Gasteiger partial charge in [0.1, 0.15) is 9.84 Å². The molecule has 2 aliphatic rings. The predicted octanol–water partition coefficient (Wildman–Crippen LogP) is 0.750. The molecule has 0 aromatic rings. The molecule has 2 saturated heterocycles. The molecule has 5 nitrogen and oxygen atoms in total. The van der Waals surface area contributed by atoms with Crippen LogP contribution in [0.25, 0.3) is 0 Å². The lowest BCUT2D eigenvalue weighted by molar-refractivity contribution is -0.148. The van der Waals surface area contributed by atoms with Crippen LogP contribution < -0.4 is 0 Å². The molecule has 2 aliphatic heterocycles. The highest BCUT2D eigenvalue weighted by atomic mass is 32.2. The van der Waals surface area contributed by atoms with E-state index in [4.69, 9.17) is 0 Å². The number of carbonyl (C=O) groups is 1. The fraction of sp³-hybridized carbons (Fsp3) is 0.917. The van der Waals surface area contributed by atoms with E-state index in [-0.39, 0.29) is 17.5 Å². The molecule has 0 bridgehead atoms. The topological polar surface area (TPSA) is 74.7 Å². The van der Waals surface area contributed by atoms with Crippen LogP contribution in [0.1, 0.15) is 32.6 Å². The second kappa shape index (κ2) is 4.81. The minimum atomic E-state index is -2.84. The van der Waals surface area contributed by atoms with E-state index in [1.165, 1.54) is 0 Å². The van der Waals surface area contributed by atoms with Gasteiger partial charge in [0.2, 0.25) is 0 Å². The minimum absolute atomic E-state index is 0.250. The summed E-state index contributed by atoms with van der Waals surface area (Å²) in [6.07, 6.45) is 2.63. The first kappa shape index (κ1) is 13.8. The van der Waals surface area contributed by atoms with Crippen molar-refractivity contribution in [2.75, 3.05) is 24.6 Å². The number of carboxylic acid groups (broad SMARTS) is 1. The van der Waals surface area contributed by atoms with Gasteiger partial charge in [-0.05, 0) is 32.2 Å². The Kier molecular flexibility index (Phi) is 3.69. The molecule has 2 heterocycles. The van der Waals surface area contributed by atoms with Crippen molar-refractivity contribution >= 4 is 15.8 Å². The quantitative estimate of drug-likeness (QED) is 0.822. The van der Waals surface area contributed by atoms with E-state index in [1.54, 1.807) is 0 Å². The maximum Gasteiger partial charge on any atom is 0.310 e. The van der Waals surface area contributed by atoms with Crippen LogP contribution in [0.4, 0.5) is 0 Å². The van der Waals surface area contributed by atoms with Crippen LogP contribution in [0.5, 0.6) is 0 Å². The normalized spacial score (nSPS) is 33.6. The van der Waals surface area contributed by atoms with Crippen LogP contribution >= 0.6 is 0 Å². The van der Waals surface area contributed by atoms with Crippen LogP contribution in [-0.2, 0) is 14.6 Å². The molecule has 18 heavy (non-hydrogen) atoms. The van der Waals surface area contributed by atoms with E-state index < -0.39 is 21.2 Å². The van der Waals surface area contributed by atoms with Crippen molar-refractivity contribution in [1.82, 2.24) is 4.90 Å². The Labute approximate surface area is 108 Å². The number of hydrogen-bond acceptors (Lipinski definition) is 4. The Bertz CT molecular complexity index is 419. The fourth-order valence-corrected chi connectivity index (χ4v) is 4.54. The fourth-order valence-electron chi connectivity index (χ4n) is 3.07. The Morgan fingerprint density at radius 3 is 2.44 bits per heavy atom. The SMILES string of the molecule is CCC1(C(=O)O)CCN(C2CCS(=O)(=O)CC2)C1. The molecular weight excluding hydrogens is 254 g/mol.